The van der Waals surface area contributed by atoms with Gasteiger partial charge in [0, 0.05) is 0 Å². The highest BCUT2D eigenvalue weighted by Gasteiger charge is 2.15. The molecule has 0 heteroatoms. The molecule has 2 unspecified atom stereocenters. The van der Waals surface area contributed by atoms with E-state index in [9.17, 15) is 0 Å². The lowest BCUT2D eigenvalue weighted by Gasteiger charge is -2.23. The largest absolute Gasteiger partial charge is 0.0877 e. The fourth-order valence-electron chi connectivity index (χ4n) is 1.25. The molecule has 0 amide bonds. The fourth-order valence-corrected chi connectivity index (χ4v) is 1.25. The van der Waals surface area contributed by atoms with Crippen LogP contribution in [0.4, 0.5) is 0 Å². The zero-order valence-electron chi connectivity index (χ0n) is 7.30. The Morgan fingerprint density at radius 1 is 1.40 bits per heavy atom. The minimum absolute atomic E-state index is 0.856. The lowest BCUT2D eigenvalue weighted by Crippen LogP contribution is -2.12. The first-order valence-electron chi connectivity index (χ1n) is 4.37. The smallest absolute Gasteiger partial charge is 0.0196 e. The molecule has 0 saturated carbocycles. The van der Waals surface area contributed by atoms with Crippen molar-refractivity contribution in [3.05, 3.63) is 12.2 Å². The Balaban J connectivity index is 2.17. The van der Waals surface area contributed by atoms with Gasteiger partial charge >= 0.3 is 0 Å². The van der Waals surface area contributed by atoms with Gasteiger partial charge < -0.3 is 0 Å². The van der Waals surface area contributed by atoms with Crippen LogP contribution in [0, 0.1) is 17.8 Å². The second-order valence-corrected chi connectivity index (χ2v) is 3.88. The molecule has 2 atom stereocenters. The van der Waals surface area contributed by atoms with E-state index in [1.54, 1.807) is 0 Å². The molecule has 10 heavy (non-hydrogen) atoms. The van der Waals surface area contributed by atoms with E-state index in [-0.39, 0.29) is 0 Å². The van der Waals surface area contributed by atoms with Crippen molar-refractivity contribution in [2.45, 2.75) is 33.6 Å². The quantitative estimate of drug-likeness (QED) is 0.525. The highest BCUT2D eigenvalue weighted by molar-refractivity contribution is 5.02. The van der Waals surface area contributed by atoms with Crippen molar-refractivity contribution in [1.29, 1.82) is 0 Å². The molecule has 58 valence electrons. The van der Waals surface area contributed by atoms with Crippen LogP contribution in [-0.2, 0) is 0 Å². The van der Waals surface area contributed by atoms with E-state index in [4.69, 9.17) is 0 Å². The third-order valence-electron chi connectivity index (χ3n) is 2.66. The summed E-state index contributed by atoms with van der Waals surface area (Å²) in [7, 11) is 0. The van der Waals surface area contributed by atoms with Gasteiger partial charge in [-0.2, -0.15) is 0 Å². The van der Waals surface area contributed by atoms with Crippen molar-refractivity contribution >= 4 is 0 Å². The van der Waals surface area contributed by atoms with Gasteiger partial charge in [-0.25, -0.2) is 0 Å². The average Bonchev–Trinajstić information content (AvgIpc) is 1.77. The van der Waals surface area contributed by atoms with Gasteiger partial charge in [0.05, 0.1) is 0 Å². The van der Waals surface area contributed by atoms with Crippen LogP contribution < -0.4 is 0 Å². The van der Waals surface area contributed by atoms with Crippen LogP contribution in [0.2, 0.25) is 0 Å². The summed E-state index contributed by atoms with van der Waals surface area (Å²) in [5.41, 5.74) is 0. The SMILES string of the molecule is CC(C)C(C)CC1C=CC1. The summed E-state index contributed by atoms with van der Waals surface area (Å²) in [6, 6.07) is 0. The number of hydrogen-bond donors (Lipinski definition) is 0. The fraction of sp³-hybridized carbons (Fsp3) is 0.800. The maximum atomic E-state index is 2.36. The maximum absolute atomic E-state index is 2.36. The minimum Gasteiger partial charge on any atom is -0.0877 e. The van der Waals surface area contributed by atoms with Crippen molar-refractivity contribution in [2.75, 3.05) is 0 Å². The Hall–Kier alpha value is -0.260. The first-order valence-corrected chi connectivity index (χ1v) is 4.37. The molecule has 0 aromatic heterocycles. The molecular weight excluding hydrogens is 120 g/mol. The monoisotopic (exact) mass is 138 g/mol. The van der Waals surface area contributed by atoms with Gasteiger partial charge in [-0.15, -0.1) is 0 Å². The van der Waals surface area contributed by atoms with Crippen LogP contribution >= 0.6 is 0 Å². The number of allylic oxidation sites excluding steroid dienone is 2. The molecule has 0 aromatic carbocycles. The zero-order chi connectivity index (χ0) is 7.56. The first-order chi connectivity index (χ1) is 4.70. The van der Waals surface area contributed by atoms with Gasteiger partial charge in [0.2, 0.25) is 0 Å². The summed E-state index contributed by atoms with van der Waals surface area (Å²) in [5, 5.41) is 0. The van der Waals surface area contributed by atoms with E-state index in [1.165, 1.54) is 12.8 Å². The van der Waals surface area contributed by atoms with Crippen LogP contribution in [0.1, 0.15) is 33.6 Å². The summed E-state index contributed by atoms with van der Waals surface area (Å²) in [6.07, 6.45) is 7.35. The van der Waals surface area contributed by atoms with Crippen LogP contribution in [0.5, 0.6) is 0 Å². The topological polar surface area (TPSA) is 0 Å². The lowest BCUT2D eigenvalue weighted by molar-refractivity contribution is 0.339. The van der Waals surface area contributed by atoms with E-state index in [1.807, 2.05) is 0 Å². The zero-order valence-corrected chi connectivity index (χ0v) is 7.30. The lowest BCUT2D eigenvalue weighted by atomic mass is 9.82. The number of hydrogen-bond acceptors (Lipinski definition) is 0. The van der Waals surface area contributed by atoms with E-state index in [0.29, 0.717) is 0 Å². The molecule has 0 fully saturated rings. The molecule has 1 rings (SSSR count). The van der Waals surface area contributed by atoms with Crippen molar-refractivity contribution in [3.8, 4) is 0 Å². The van der Waals surface area contributed by atoms with E-state index < -0.39 is 0 Å². The second-order valence-electron chi connectivity index (χ2n) is 3.88. The minimum atomic E-state index is 0.856. The second kappa shape index (κ2) is 3.23. The Kier molecular flexibility index (Phi) is 2.53. The highest BCUT2D eigenvalue weighted by atomic mass is 14.2. The summed E-state index contributed by atoms with van der Waals surface area (Å²) < 4.78 is 0. The van der Waals surface area contributed by atoms with E-state index >= 15 is 0 Å². The van der Waals surface area contributed by atoms with Crippen molar-refractivity contribution in [2.24, 2.45) is 17.8 Å². The molecular formula is C10H18. The predicted molar refractivity (Wildman–Crippen MR) is 45.9 cm³/mol. The van der Waals surface area contributed by atoms with Crippen molar-refractivity contribution in [3.63, 3.8) is 0 Å². The Bertz CT molecular complexity index is 122. The van der Waals surface area contributed by atoms with Crippen LogP contribution in [0.3, 0.4) is 0 Å². The van der Waals surface area contributed by atoms with E-state index in [0.717, 1.165) is 17.8 Å². The molecule has 0 heterocycles. The highest BCUT2D eigenvalue weighted by Crippen LogP contribution is 2.27. The van der Waals surface area contributed by atoms with Crippen molar-refractivity contribution in [1.82, 2.24) is 0 Å². The summed E-state index contributed by atoms with van der Waals surface area (Å²) in [5.74, 6) is 2.67. The van der Waals surface area contributed by atoms with Crippen LogP contribution in [-0.4, -0.2) is 0 Å². The third kappa shape index (κ3) is 1.86. The molecule has 0 spiro atoms. The summed E-state index contributed by atoms with van der Waals surface area (Å²) in [6.45, 7) is 6.98. The molecule has 0 saturated heterocycles. The van der Waals surface area contributed by atoms with Gasteiger partial charge in [0.15, 0.2) is 0 Å². The predicted octanol–water partition coefficient (Wildman–Crippen LogP) is 3.24. The van der Waals surface area contributed by atoms with Gasteiger partial charge in [-0.3, -0.25) is 0 Å². The molecule has 0 aromatic rings. The molecule has 0 radical (unpaired) electrons. The Morgan fingerprint density at radius 3 is 2.30 bits per heavy atom. The van der Waals surface area contributed by atoms with Gasteiger partial charge in [0.25, 0.3) is 0 Å². The molecule has 0 nitrogen and oxygen atoms in total. The molecule has 0 aliphatic heterocycles. The first kappa shape index (κ1) is 7.84. The summed E-state index contributed by atoms with van der Waals surface area (Å²) >= 11 is 0. The summed E-state index contributed by atoms with van der Waals surface area (Å²) in [4.78, 5) is 0. The molecule has 0 N–H and O–H groups in total. The molecule has 1 aliphatic carbocycles. The van der Waals surface area contributed by atoms with Gasteiger partial charge in [-0.05, 0) is 30.6 Å². The molecule has 1 aliphatic rings. The van der Waals surface area contributed by atoms with Crippen LogP contribution in [0.25, 0.3) is 0 Å². The normalized spacial score (nSPS) is 26.6. The van der Waals surface area contributed by atoms with E-state index in [2.05, 4.69) is 32.9 Å². The maximum Gasteiger partial charge on any atom is -0.0196 e. The van der Waals surface area contributed by atoms with Gasteiger partial charge in [0.1, 0.15) is 0 Å². The Labute approximate surface area is 64.3 Å². The Morgan fingerprint density at radius 2 is 2.00 bits per heavy atom. The van der Waals surface area contributed by atoms with Gasteiger partial charge in [-0.1, -0.05) is 32.9 Å². The number of rotatable bonds is 3. The molecule has 0 bridgehead atoms. The van der Waals surface area contributed by atoms with Crippen molar-refractivity contribution < 1.29 is 0 Å². The third-order valence-corrected chi connectivity index (χ3v) is 2.66. The van der Waals surface area contributed by atoms with Crippen LogP contribution in [0.15, 0.2) is 12.2 Å². The average molecular weight is 138 g/mol. The standard InChI is InChI=1S/C10H18/c1-8(2)9(3)7-10-5-4-6-10/h4-5,8-10H,6-7H2,1-3H3.